The fourth-order valence-corrected chi connectivity index (χ4v) is 4.28. The molecule has 2 aromatic carbocycles. The van der Waals surface area contributed by atoms with Crippen LogP contribution in [0.15, 0.2) is 53.9 Å². The molecule has 0 aliphatic carbocycles. The topological polar surface area (TPSA) is 76.1 Å². The second-order valence-corrected chi connectivity index (χ2v) is 10.0. The number of sulfone groups is 1. The van der Waals surface area contributed by atoms with E-state index in [0.717, 1.165) is 11.3 Å². The van der Waals surface area contributed by atoms with Crippen LogP contribution in [0.4, 0.5) is 5.13 Å². The average Bonchev–Trinajstić information content (AvgIpc) is 3.09. The van der Waals surface area contributed by atoms with Gasteiger partial charge < -0.3 is 0 Å². The van der Waals surface area contributed by atoms with Crippen LogP contribution in [0.1, 0.15) is 41.3 Å². The van der Waals surface area contributed by atoms with Crippen LogP contribution in [-0.2, 0) is 15.6 Å². The van der Waals surface area contributed by atoms with E-state index in [1.54, 1.807) is 24.3 Å². The summed E-state index contributed by atoms with van der Waals surface area (Å²) in [6, 6.07) is 14.9. The van der Waals surface area contributed by atoms with Crippen molar-refractivity contribution in [1.82, 2.24) is 4.98 Å². The van der Waals surface area contributed by atoms with Gasteiger partial charge in [-0.2, -0.15) is 0 Å². The molecule has 146 valence electrons. The van der Waals surface area contributed by atoms with E-state index < -0.39 is 9.84 Å². The molecule has 0 saturated heterocycles. The normalized spacial score (nSPS) is 11.6. The van der Waals surface area contributed by atoms with E-state index in [-0.39, 0.29) is 11.7 Å². The molecule has 1 aromatic heterocycles. The zero-order chi connectivity index (χ0) is 20.3. The Labute approximate surface area is 169 Å². The minimum atomic E-state index is -3.16. The molecule has 3 rings (SSSR count). The van der Waals surface area contributed by atoms with Crippen molar-refractivity contribution < 1.29 is 13.2 Å². The Morgan fingerprint density at radius 1 is 1.14 bits per heavy atom. The van der Waals surface area contributed by atoms with Crippen LogP contribution >= 0.6 is 11.3 Å². The van der Waals surface area contributed by atoms with Crippen LogP contribution in [0.3, 0.4) is 0 Å². The SMILES string of the molecule is CC(C)c1ccc(-c2csc(NC(=O)c3cccc(CS(C)(=O)=O)c3)n2)cc1. The first-order chi connectivity index (χ1) is 13.2. The fourth-order valence-electron chi connectivity index (χ4n) is 2.78. The quantitative estimate of drug-likeness (QED) is 0.633. The summed E-state index contributed by atoms with van der Waals surface area (Å²) >= 11 is 1.35. The molecule has 0 aliphatic rings. The molecule has 1 N–H and O–H groups in total. The van der Waals surface area contributed by atoms with Crippen molar-refractivity contribution in [3.8, 4) is 11.3 Å². The molecule has 0 bridgehead atoms. The Hall–Kier alpha value is -2.51. The molecule has 1 heterocycles. The molecule has 1 amide bonds. The van der Waals surface area contributed by atoms with Crippen molar-refractivity contribution >= 4 is 32.2 Å². The lowest BCUT2D eigenvalue weighted by molar-refractivity contribution is 0.102. The summed E-state index contributed by atoms with van der Waals surface area (Å²) in [4.78, 5) is 17.0. The van der Waals surface area contributed by atoms with Gasteiger partial charge in [0.1, 0.15) is 0 Å². The average molecular weight is 415 g/mol. The first-order valence-electron chi connectivity index (χ1n) is 8.85. The monoisotopic (exact) mass is 414 g/mol. The minimum absolute atomic E-state index is 0.0953. The molecule has 0 spiro atoms. The van der Waals surface area contributed by atoms with Crippen LogP contribution in [0.2, 0.25) is 0 Å². The van der Waals surface area contributed by atoms with E-state index in [1.165, 1.54) is 23.2 Å². The second-order valence-electron chi connectivity index (χ2n) is 7.04. The molecule has 7 heteroatoms. The van der Waals surface area contributed by atoms with E-state index in [0.29, 0.717) is 22.2 Å². The molecule has 0 aliphatic heterocycles. The lowest BCUT2D eigenvalue weighted by atomic mass is 10.0. The van der Waals surface area contributed by atoms with Crippen LogP contribution in [0, 0.1) is 0 Å². The maximum Gasteiger partial charge on any atom is 0.257 e. The summed E-state index contributed by atoms with van der Waals surface area (Å²) in [6.07, 6.45) is 1.17. The standard InChI is InChI=1S/C21H22N2O3S2/c1-14(2)16-7-9-17(10-8-16)19-12-27-21(22-19)23-20(24)18-6-4-5-15(11-18)13-28(3,25)26/h4-12,14H,13H2,1-3H3,(H,22,23,24). The molecule has 0 radical (unpaired) electrons. The Balaban J connectivity index is 1.73. The van der Waals surface area contributed by atoms with Gasteiger partial charge in [0.25, 0.3) is 5.91 Å². The van der Waals surface area contributed by atoms with Crippen LogP contribution in [0.25, 0.3) is 11.3 Å². The van der Waals surface area contributed by atoms with E-state index in [1.807, 2.05) is 17.5 Å². The van der Waals surface area contributed by atoms with Crippen molar-refractivity contribution in [2.24, 2.45) is 0 Å². The smallest absolute Gasteiger partial charge is 0.257 e. The summed E-state index contributed by atoms with van der Waals surface area (Å²) in [5.41, 5.74) is 4.05. The predicted molar refractivity (Wildman–Crippen MR) is 115 cm³/mol. The number of carbonyl (C=O) groups is 1. The summed E-state index contributed by atoms with van der Waals surface area (Å²) < 4.78 is 22.9. The van der Waals surface area contributed by atoms with Crippen molar-refractivity contribution in [3.63, 3.8) is 0 Å². The highest BCUT2D eigenvalue weighted by atomic mass is 32.2. The van der Waals surface area contributed by atoms with E-state index in [4.69, 9.17) is 0 Å². The van der Waals surface area contributed by atoms with Gasteiger partial charge in [-0.15, -0.1) is 11.3 Å². The van der Waals surface area contributed by atoms with Crippen LogP contribution < -0.4 is 5.32 Å². The predicted octanol–water partition coefficient (Wildman–Crippen LogP) is 4.73. The van der Waals surface area contributed by atoms with E-state index in [9.17, 15) is 13.2 Å². The number of nitrogens with one attached hydrogen (secondary N) is 1. The largest absolute Gasteiger partial charge is 0.298 e. The van der Waals surface area contributed by atoms with Gasteiger partial charge in [-0.05, 0) is 29.2 Å². The summed E-state index contributed by atoms with van der Waals surface area (Å²) in [7, 11) is -3.16. The lowest BCUT2D eigenvalue weighted by Crippen LogP contribution is -2.12. The van der Waals surface area contributed by atoms with Gasteiger partial charge in [0.15, 0.2) is 15.0 Å². The number of carbonyl (C=O) groups excluding carboxylic acids is 1. The third kappa shape index (κ3) is 5.27. The van der Waals surface area contributed by atoms with Crippen molar-refractivity contribution in [2.75, 3.05) is 11.6 Å². The van der Waals surface area contributed by atoms with Gasteiger partial charge in [-0.25, -0.2) is 13.4 Å². The highest BCUT2D eigenvalue weighted by molar-refractivity contribution is 7.89. The first kappa shape index (κ1) is 20.2. The van der Waals surface area contributed by atoms with Gasteiger partial charge in [-0.1, -0.05) is 50.2 Å². The van der Waals surface area contributed by atoms with Gasteiger partial charge >= 0.3 is 0 Å². The fraction of sp³-hybridized carbons (Fsp3) is 0.238. The number of aromatic nitrogens is 1. The van der Waals surface area contributed by atoms with E-state index in [2.05, 4.69) is 36.3 Å². The van der Waals surface area contributed by atoms with Crippen molar-refractivity contribution in [2.45, 2.75) is 25.5 Å². The minimum Gasteiger partial charge on any atom is -0.298 e. The van der Waals surface area contributed by atoms with E-state index >= 15 is 0 Å². The third-order valence-electron chi connectivity index (χ3n) is 4.22. The number of rotatable bonds is 6. The van der Waals surface area contributed by atoms with Crippen LogP contribution in [-0.4, -0.2) is 25.6 Å². The molecule has 0 fully saturated rings. The molecular formula is C21H22N2O3S2. The molecule has 5 nitrogen and oxygen atoms in total. The van der Waals surface area contributed by atoms with Gasteiger partial charge in [0.2, 0.25) is 0 Å². The Bertz CT molecular complexity index is 1080. The molecule has 0 saturated carbocycles. The van der Waals surface area contributed by atoms with Gasteiger partial charge in [-0.3, -0.25) is 10.1 Å². The Kier molecular flexibility index (Phi) is 5.96. The molecule has 0 unspecified atom stereocenters. The highest BCUT2D eigenvalue weighted by Gasteiger charge is 2.12. The molecule has 0 atom stereocenters. The molecule has 3 aromatic rings. The number of benzene rings is 2. The Morgan fingerprint density at radius 3 is 2.50 bits per heavy atom. The first-order valence-corrected chi connectivity index (χ1v) is 11.8. The number of hydrogen-bond acceptors (Lipinski definition) is 5. The number of thiazole rings is 1. The lowest BCUT2D eigenvalue weighted by Gasteiger charge is -2.06. The maximum absolute atomic E-state index is 12.5. The molecule has 28 heavy (non-hydrogen) atoms. The number of hydrogen-bond donors (Lipinski definition) is 1. The van der Waals surface area contributed by atoms with Gasteiger partial charge in [0.05, 0.1) is 11.4 Å². The second kappa shape index (κ2) is 8.24. The van der Waals surface area contributed by atoms with Crippen LogP contribution in [0.5, 0.6) is 0 Å². The zero-order valence-electron chi connectivity index (χ0n) is 16.0. The molecular weight excluding hydrogens is 392 g/mol. The van der Waals surface area contributed by atoms with Crippen molar-refractivity contribution in [3.05, 3.63) is 70.6 Å². The number of amides is 1. The van der Waals surface area contributed by atoms with Crippen molar-refractivity contribution in [1.29, 1.82) is 0 Å². The third-order valence-corrected chi connectivity index (χ3v) is 5.83. The maximum atomic E-state index is 12.5. The highest BCUT2D eigenvalue weighted by Crippen LogP contribution is 2.27. The summed E-state index contributed by atoms with van der Waals surface area (Å²) in [5, 5.41) is 5.19. The number of nitrogens with zero attached hydrogens (tertiary/aromatic N) is 1. The zero-order valence-corrected chi connectivity index (χ0v) is 17.6. The number of anilines is 1. The van der Waals surface area contributed by atoms with Gasteiger partial charge in [0, 0.05) is 22.8 Å². The summed E-state index contributed by atoms with van der Waals surface area (Å²) in [6.45, 7) is 4.30. The summed E-state index contributed by atoms with van der Waals surface area (Å²) in [5.74, 6) is 0.0613. The Morgan fingerprint density at radius 2 is 1.86 bits per heavy atom.